The maximum absolute atomic E-state index is 11.2. The van der Waals surface area contributed by atoms with Crippen LogP contribution in [0.15, 0.2) is 30.3 Å². The van der Waals surface area contributed by atoms with Crippen molar-refractivity contribution in [2.75, 3.05) is 33.1 Å². The van der Waals surface area contributed by atoms with Crippen LogP contribution in [0.1, 0.15) is 69.8 Å². The van der Waals surface area contributed by atoms with Crippen molar-refractivity contribution in [1.29, 1.82) is 0 Å². The number of phenolic OH excluding ortho intramolecular Hbond substituents is 1. The predicted molar refractivity (Wildman–Crippen MR) is 121 cm³/mol. The minimum Gasteiger partial charge on any atom is -0.507 e. The molecule has 2 aromatic rings. The molecule has 0 spiro atoms. The summed E-state index contributed by atoms with van der Waals surface area (Å²) in [6, 6.07) is 10.8. The molecule has 5 heteroatoms. The topological polar surface area (TPSA) is 52.4 Å². The first-order valence-corrected chi connectivity index (χ1v) is 11.3. The standard InChI is InChI=1S/C26H35NO4/c1-25(2,3)19-13-18(14-20(24(19)28)26(4,5)6)23(27-9-11-29-12-10-27)17-7-8-21-22(15-17)31-16-30-21/h7-8,13-15,23,28H,9-12,16H2,1-6H3/p+1/t23-/m1/s1. The van der Waals surface area contributed by atoms with E-state index in [0.29, 0.717) is 5.75 Å². The van der Waals surface area contributed by atoms with E-state index in [4.69, 9.17) is 14.2 Å². The summed E-state index contributed by atoms with van der Waals surface area (Å²) in [5.41, 5.74) is 4.08. The monoisotopic (exact) mass is 426 g/mol. The molecule has 4 rings (SSSR count). The molecule has 0 unspecified atom stereocenters. The third kappa shape index (κ3) is 4.39. The van der Waals surface area contributed by atoms with Crippen LogP contribution in [0, 0.1) is 0 Å². The summed E-state index contributed by atoms with van der Waals surface area (Å²) in [6.45, 7) is 16.6. The van der Waals surface area contributed by atoms with Crippen molar-refractivity contribution in [3.63, 3.8) is 0 Å². The van der Waals surface area contributed by atoms with Crippen molar-refractivity contribution in [2.24, 2.45) is 0 Å². The van der Waals surface area contributed by atoms with E-state index in [2.05, 4.69) is 65.8 Å². The van der Waals surface area contributed by atoms with Gasteiger partial charge in [-0.2, -0.15) is 0 Å². The van der Waals surface area contributed by atoms with E-state index >= 15 is 0 Å². The normalized spacial score (nSPS) is 18.3. The van der Waals surface area contributed by atoms with Crippen LogP contribution >= 0.6 is 0 Å². The number of fused-ring (bicyclic) bond motifs is 1. The molecule has 1 atom stereocenters. The first-order valence-electron chi connectivity index (χ1n) is 11.3. The van der Waals surface area contributed by atoms with Gasteiger partial charge in [0.15, 0.2) is 11.5 Å². The summed E-state index contributed by atoms with van der Waals surface area (Å²) < 4.78 is 16.9. The molecule has 0 amide bonds. The van der Waals surface area contributed by atoms with Crippen LogP contribution in [0.25, 0.3) is 0 Å². The largest absolute Gasteiger partial charge is 0.507 e. The molecule has 0 saturated carbocycles. The molecule has 0 aliphatic carbocycles. The van der Waals surface area contributed by atoms with Crippen LogP contribution in [0.4, 0.5) is 0 Å². The average Bonchev–Trinajstić information content (AvgIpc) is 3.16. The Labute approximate surface area is 185 Å². The van der Waals surface area contributed by atoms with Gasteiger partial charge in [0.25, 0.3) is 0 Å². The van der Waals surface area contributed by atoms with E-state index in [9.17, 15) is 5.11 Å². The van der Waals surface area contributed by atoms with Crippen LogP contribution < -0.4 is 14.4 Å². The van der Waals surface area contributed by atoms with Gasteiger partial charge in [0.2, 0.25) is 6.79 Å². The minimum absolute atomic E-state index is 0.126. The molecule has 31 heavy (non-hydrogen) atoms. The second-order valence-electron chi connectivity index (χ2n) is 10.8. The first kappa shape index (κ1) is 22.0. The molecule has 168 valence electrons. The van der Waals surface area contributed by atoms with Crippen molar-refractivity contribution >= 4 is 0 Å². The average molecular weight is 427 g/mol. The van der Waals surface area contributed by atoms with Gasteiger partial charge < -0.3 is 24.2 Å². The fourth-order valence-electron chi connectivity index (χ4n) is 4.65. The molecule has 0 bridgehead atoms. The Morgan fingerprint density at radius 1 is 0.806 bits per heavy atom. The van der Waals surface area contributed by atoms with Crippen LogP contribution in [0.5, 0.6) is 17.2 Å². The van der Waals surface area contributed by atoms with Gasteiger partial charge in [-0.15, -0.1) is 0 Å². The van der Waals surface area contributed by atoms with Gasteiger partial charge in [-0.25, -0.2) is 0 Å². The number of hydrogen-bond donors (Lipinski definition) is 2. The summed E-state index contributed by atoms with van der Waals surface area (Å²) in [5, 5.41) is 11.2. The molecule has 2 aliphatic rings. The Morgan fingerprint density at radius 3 is 1.97 bits per heavy atom. The zero-order valence-electron chi connectivity index (χ0n) is 19.7. The zero-order valence-corrected chi connectivity index (χ0v) is 19.7. The van der Waals surface area contributed by atoms with E-state index in [1.807, 2.05) is 6.07 Å². The van der Waals surface area contributed by atoms with E-state index in [1.165, 1.54) is 16.0 Å². The second kappa shape index (κ2) is 8.03. The number of nitrogens with one attached hydrogen (secondary N) is 1. The number of ether oxygens (including phenoxy) is 3. The lowest BCUT2D eigenvalue weighted by Crippen LogP contribution is -3.14. The third-order valence-electron chi connectivity index (χ3n) is 6.35. The molecule has 0 aromatic heterocycles. The molecule has 2 N–H and O–H groups in total. The van der Waals surface area contributed by atoms with E-state index in [0.717, 1.165) is 48.9 Å². The van der Waals surface area contributed by atoms with E-state index in [1.54, 1.807) is 0 Å². The first-order chi connectivity index (χ1) is 14.6. The van der Waals surface area contributed by atoms with Gasteiger partial charge in [-0.3, -0.25) is 0 Å². The SMILES string of the molecule is CC(C)(C)c1cc([C@@H](c2ccc3c(c2)OCO3)[NH+]2CCOCC2)cc(C(C)(C)C)c1O. The number of benzene rings is 2. The second-order valence-corrected chi connectivity index (χ2v) is 10.8. The molecule has 5 nitrogen and oxygen atoms in total. The van der Waals surface area contributed by atoms with Crippen LogP contribution in [-0.4, -0.2) is 38.2 Å². The fraction of sp³-hybridized carbons (Fsp3) is 0.538. The number of morpholine rings is 1. The van der Waals surface area contributed by atoms with Crippen molar-refractivity contribution in [2.45, 2.75) is 58.4 Å². The maximum atomic E-state index is 11.2. The molecular weight excluding hydrogens is 390 g/mol. The molecule has 1 saturated heterocycles. The Hall–Kier alpha value is -2.24. The lowest BCUT2D eigenvalue weighted by Gasteiger charge is -2.34. The molecule has 0 radical (unpaired) electrons. The van der Waals surface area contributed by atoms with Crippen LogP contribution in [0.3, 0.4) is 0 Å². The Balaban J connectivity index is 1.90. The van der Waals surface area contributed by atoms with Gasteiger partial charge in [0.1, 0.15) is 24.9 Å². The van der Waals surface area contributed by atoms with Gasteiger partial charge in [-0.05, 0) is 41.2 Å². The number of rotatable bonds is 3. The van der Waals surface area contributed by atoms with E-state index < -0.39 is 0 Å². The fourth-order valence-corrected chi connectivity index (χ4v) is 4.65. The molecular formula is C26H36NO4+. The molecule has 2 aliphatic heterocycles. The van der Waals surface area contributed by atoms with Crippen LogP contribution in [0.2, 0.25) is 0 Å². The molecule has 2 aromatic carbocycles. The highest BCUT2D eigenvalue weighted by molar-refractivity contribution is 5.53. The number of phenols is 1. The highest BCUT2D eigenvalue weighted by atomic mass is 16.7. The number of aromatic hydroxyl groups is 1. The zero-order chi connectivity index (χ0) is 22.4. The maximum Gasteiger partial charge on any atom is 0.231 e. The Kier molecular flexibility index (Phi) is 5.69. The summed E-state index contributed by atoms with van der Waals surface area (Å²) in [7, 11) is 0. The number of quaternary nitrogens is 1. The van der Waals surface area contributed by atoms with Crippen LogP contribution in [-0.2, 0) is 15.6 Å². The summed E-state index contributed by atoms with van der Waals surface area (Å²) in [5.74, 6) is 2.03. The van der Waals surface area contributed by atoms with E-state index in [-0.39, 0.29) is 23.7 Å². The van der Waals surface area contributed by atoms with Gasteiger partial charge >= 0.3 is 0 Å². The van der Waals surface area contributed by atoms with Crippen molar-refractivity contribution in [3.05, 3.63) is 52.6 Å². The molecule has 2 heterocycles. The van der Waals surface area contributed by atoms with Crippen molar-refractivity contribution in [3.8, 4) is 17.2 Å². The summed E-state index contributed by atoms with van der Waals surface area (Å²) in [6.07, 6.45) is 0. The Morgan fingerprint density at radius 2 is 1.39 bits per heavy atom. The van der Waals surface area contributed by atoms with Gasteiger partial charge in [0, 0.05) is 22.3 Å². The lowest BCUT2D eigenvalue weighted by atomic mass is 9.77. The summed E-state index contributed by atoms with van der Waals surface area (Å²) >= 11 is 0. The Bertz CT molecular complexity index is 914. The smallest absolute Gasteiger partial charge is 0.231 e. The lowest BCUT2D eigenvalue weighted by molar-refractivity contribution is -0.933. The third-order valence-corrected chi connectivity index (χ3v) is 6.35. The quantitative estimate of drug-likeness (QED) is 0.786. The van der Waals surface area contributed by atoms with Gasteiger partial charge in [0.05, 0.1) is 13.2 Å². The van der Waals surface area contributed by atoms with Gasteiger partial charge in [-0.1, -0.05) is 41.5 Å². The molecule has 1 fully saturated rings. The minimum atomic E-state index is -0.167. The highest BCUT2D eigenvalue weighted by Gasteiger charge is 2.34. The number of hydrogen-bond acceptors (Lipinski definition) is 4. The summed E-state index contributed by atoms with van der Waals surface area (Å²) in [4.78, 5) is 1.47. The highest BCUT2D eigenvalue weighted by Crippen LogP contribution is 2.42. The van der Waals surface area contributed by atoms with Crippen molar-refractivity contribution in [1.82, 2.24) is 0 Å². The predicted octanol–water partition coefficient (Wildman–Crippen LogP) is 3.72. The van der Waals surface area contributed by atoms with Crippen molar-refractivity contribution < 1.29 is 24.2 Å².